The molecular formula is C20H17N5OS. The Hall–Kier alpha value is -3.32. The second-order valence-corrected chi connectivity index (χ2v) is 7.22. The first kappa shape index (κ1) is 17.1. The van der Waals surface area contributed by atoms with E-state index in [1.165, 1.54) is 0 Å². The van der Waals surface area contributed by atoms with E-state index in [-0.39, 0.29) is 11.6 Å². The zero-order valence-corrected chi connectivity index (χ0v) is 15.7. The molecule has 0 atom stereocenters. The van der Waals surface area contributed by atoms with Gasteiger partial charge in [-0.05, 0) is 36.4 Å². The molecule has 4 aromatic rings. The molecule has 0 radical (unpaired) electrons. The number of hydrogen-bond acceptors (Lipinski definition) is 6. The van der Waals surface area contributed by atoms with Crippen molar-refractivity contribution in [1.82, 2.24) is 15.2 Å². The maximum atomic E-state index is 12.4. The van der Waals surface area contributed by atoms with Gasteiger partial charge in [0.05, 0.1) is 10.2 Å². The third kappa shape index (κ3) is 3.63. The molecule has 0 spiro atoms. The number of fused-ring (bicyclic) bond motifs is 1. The van der Waals surface area contributed by atoms with Crippen molar-refractivity contribution in [3.63, 3.8) is 0 Å². The van der Waals surface area contributed by atoms with Crippen LogP contribution in [0.4, 0.5) is 11.5 Å². The van der Waals surface area contributed by atoms with Gasteiger partial charge in [-0.1, -0.05) is 24.3 Å². The summed E-state index contributed by atoms with van der Waals surface area (Å²) >= 11 is 1.63. The van der Waals surface area contributed by atoms with Crippen LogP contribution in [0.3, 0.4) is 0 Å². The van der Waals surface area contributed by atoms with Gasteiger partial charge in [0.25, 0.3) is 5.91 Å². The Balaban J connectivity index is 1.56. The van der Waals surface area contributed by atoms with E-state index in [9.17, 15) is 4.79 Å². The molecule has 2 aromatic heterocycles. The van der Waals surface area contributed by atoms with E-state index < -0.39 is 0 Å². The Kier molecular flexibility index (Phi) is 4.52. The maximum Gasteiger partial charge on any atom is 0.276 e. The Labute approximate surface area is 160 Å². The van der Waals surface area contributed by atoms with Crippen LogP contribution in [0.25, 0.3) is 20.8 Å². The van der Waals surface area contributed by atoms with Crippen molar-refractivity contribution >= 4 is 39.0 Å². The van der Waals surface area contributed by atoms with Crippen LogP contribution in [-0.4, -0.2) is 35.2 Å². The molecule has 6 nitrogen and oxygen atoms in total. The Morgan fingerprint density at radius 2 is 1.85 bits per heavy atom. The number of benzene rings is 2. The second kappa shape index (κ2) is 7.13. The van der Waals surface area contributed by atoms with E-state index in [4.69, 9.17) is 0 Å². The SMILES string of the molecule is CN(C)c1ccc(C(=O)Nc2cccc(-c3nc4ccccc4s3)c2)nn1. The second-order valence-electron chi connectivity index (χ2n) is 6.19. The molecule has 134 valence electrons. The number of nitrogens with one attached hydrogen (secondary N) is 1. The molecule has 0 saturated carbocycles. The molecule has 0 bridgehead atoms. The summed E-state index contributed by atoms with van der Waals surface area (Å²) in [6, 6.07) is 19.1. The van der Waals surface area contributed by atoms with E-state index in [2.05, 4.69) is 26.6 Å². The van der Waals surface area contributed by atoms with Crippen LogP contribution >= 0.6 is 11.3 Å². The zero-order valence-electron chi connectivity index (χ0n) is 14.9. The molecule has 1 N–H and O–H groups in total. The van der Waals surface area contributed by atoms with Gasteiger partial charge in [0.1, 0.15) is 5.01 Å². The molecule has 0 fully saturated rings. The fourth-order valence-electron chi connectivity index (χ4n) is 2.61. The summed E-state index contributed by atoms with van der Waals surface area (Å²) in [5.74, 6) is 0.402. The van der Waals surface area contributed by atoms with Gasteiger partial charge in [-0.25, -0.2) is 4.98 Å². The van der Waals surface area contributed by atoms with Crippen molar-refractivity contribution in [2.24, 2.45) is 0 Å². The molecule has 2 heterocycles. The summed E-state index contributed by atoms with van der Waals surface area (Å²) in [7, 11) is 3.74. The number of hydrogen-bond donors (Lipinski definition) is 1. The average Bonchev–Trinajstić information content (AvgIpc) is 3.12. The van der Waals surface area contributed by atoms with E-state index >= 15 is 0 Å². The summed E-state index contributed by atoms with van der Waals surface area (Å²) in [5, 5.41) is 11.8. The predicted molar refractivity (Wildman–Crippen MR) is 109 cm³/mol. The number of amides is 1. The van der Waals surface area contributed by atoms with Crippen molar-refractivity contribution in [1.29, 1.82) is 0 Å². The van der Waals surface area contributed by atoms with E-state index in [1.54, 1.807) is 23.5 Å². The van der Waals surface area contributed by atoms with E-state index in [1.807, 2.05) is 61.5 Å². The Morgan fingerprint density at radius 1 is 1.00 bits per heavy atom. The van der Waals surface area contributed by atoms with Crippen molar-refractivity contribution in [2.45, 2.75) is 0 Å². The molecule has 0 aliphatic carbocycles. The summed E-state index contributed by atoms with van der Waals surface area (Å²) < 4.78 is 1.14. The van der Waals surface area contributed by atoms with Gasteiger partial charge in [0.2, 0.25) is 0 Å². The van der Waals surface area contributed by atoms with Crippen LogP contribution in [0, 0.1) is 0 Å². The van der Waals surface area contributed by atoms with E-state index in [0.717, 1.165) is 20.8 Å². The number of thiazole rings is 1. The molecule has 27 heavy (non-hydrogen) atoms. The van der Waals surface area contributed by atoms with Crippen molar-refractivity contribution in [3.8, 4) is 10.6 Å². The average molecular weight is 375 g/mol. The van der Waals surface area contributed by atoms with Crippen molar-refractivity contribution < 1.29 is 4.79 Å². The lowest BCUT2D eigenvalue weighted by Crippen LogP contribution is -2.16. The number of carbonyl (C=O) groups excluding carboxylic acids is 1. The van der Waals surface area contributed by atoms with Crippen LogP contribution in [0.1, 0.15) is 10.5 Å². The molecule has 0 saturated heterocycles. The first-order valence-corrected chi connectivity index (χ1v) is 9.20. The first-order valence-electron chi connectivity index (χ1n) is 8.38. The highest BCUT2D eigenvalue weighted by atomic mass is 32.1. The highest BCUT2D eigenvalue weighted by Gasteiger charge is 2.11. The number of carbonyl (C=O) groups is 1. The molecule has 4 rings (SSSR count). The minimum Gasteiger partial charge on any atom is -0.361 e. The summed E-state index contributed by atoms with van der Waals surface area (Å²) in [6.45, 7) is 0. The number of rotatable bonds is 4. The number of aromatic nitrogens is 3. The standard InChI is InChI=1S/C20H17N5OS/c1-25(2)18-11-10-16(23-24-18)19(26)21-14-7-5-6-13(12-14)20-22-15-8-3-4-9-17(15)27-20/h3-12H,1-2H3,(H,21,26). The lowest BCUT2D eigenvalue weighted by molar-refractivity contribution is 0.102. The van der Waals surface area contributed by atoms with Crippen molar-refractivity contribution in [3.05, 3.63) is 66.4 Å². The van der Waals surface area contributed by atoms with Gasteiger partial charge in [-0.15, -0.1) is 21.5 Å². The lowest BCUT2D eigenvalue weighted by atomic mass is 10.2. The summed E-state index contributed by atoms with van der Waals surface area (Å²) in [4.78, 5) is 18.9. The topological polar surface area (TPSA) is 71.0 Å². The fraction of sp³-hybridized carbons (Fsp3) is 0.100. The zero-order chi connectivity index (χ0) is 18.8. The van der Waals surface area contributed by atoms with Crippen LogP contribution in [0.2, 0.25) is 0 Å². The summed E-state index contributed by atoms with van der Waals surface area (Å²) in [5.41, 5.74) is 2.90. The minimum absolute atomic E-state index is 0.269. The molecule has 0 aliphatic rings. The molecule has 1 amide bonds. The predicted octanol–water partition coefficient (Wildman–Crippen LogP) is 4.07. The summed E-state index contributed by atoms with van der Waals surface area (Å²) in [6.07, 6.45) is 0. The lowest BCUT2D eigenvalue weighted by Gasteiger charge is -2.10. The van der Waals surface area contributed by atoms with Crippen molar-refractivity contribution in [2.75, 3.05) is 24.3 Å². The monoisotopic (exact) mass is 375 g/mol. The molecule has 2 aromatic carbocycles. The highest BCUT2D eigenvalue weighted by Crippen LogP contribution is 2.31. The Morgan fingerprint density at radius 3 is 2.59 bits per heavy atom. The smallest absolute Gasteiger partial charge is 0.276 e. The Bertz CT molecular complexity index is 1070. The van der Waals surface area contributed by atoms with Gasteiger partial charge in [0, 0.05) is 25.3 Å². The first-order chi connectivity index (χ1) is 13.1. The minimum atomic E-state index is -0.297. The van der Waals surface area contributed by atoms with Crippen LogP contribution in [0.5, 0.6) is 0 Å². The number of para-hydroxylation sites is 1. The van der Waals surface area contributed by atoms with Gasteiger partial charge < -0.3 is 10.2 Å². The van der Waals surface area contributed by atoms with Gasteiger partial charge >= 0.3 is 0 Å². The van der Waals surface area contributed by atoms with E-state index in [0.29, 0.717) is 11.5 Å². The van der Waals surface area contributed by atoms with Crippen LogP contribution < -0.4 is 10.2 Å². The van der Waals surface area contributed by atoms with Crippen LogP contribution in [-0.2, 0) is 0 Å². The third-order valence-corrected chi connectivity index (χ3v) is 5.09. The molecule has 0 unspecified atom stereocenters. The number of nitrogens with zero attached hydrogens (tertiary/aromatic N) is 4. The van der Waals surface area contributed by atoms with Crippen LogP contribution in [0.15, 0.2) is 60.7 Å². The largest absolute Gasteiger partial charge is 0.361 e. The quantitative estimate of drug-likeness (QED) is 0.582. The van der Waals surface area contributed by atoms with Gasteiger partial charge in [0.15, 0.2) is 11.5 Å². The highest BCUT2D eigenvalue weighted by molar-refractivity contribution is 7.21. The number of anilines is 2. The molecule has 7 heteroatoms. The fourth-order valence-corrected chi connectivity index (χ4v) is 3.57. The molecular weight excluding hydrogens is 358 g/mol. The molecule has 0 aliphatic heterocycles. The maximum absolute atomic E-state index is 12.4. The normalized spacial score (nSPS) is 10.7. The van der Waals surface area contributed by atoms with Gasteiger partial charge in [-0.2, -0.15) is 0 Å². The van der Waals surface area contributed by atoms with Gasteiger partial charge in [-0.3, -0.25) is 4.79 Å². The third-order valence-electron chi connectivity index (χ3n) is 4.00.